The molecule has 5 atom stereocenters. The maximum absolute atomic E-state index is 13.9. The molecule has 0 unspecified atom stereocenters. The molecule has 45 heavy (non-hydrogen) atoms. The van der Waals surface area contributed by atoms with E-state index in [0.717, 1.165) is 25.7 Å². The molecular weight excluding hydrogens is 627 g/mol. The van der Waals surface area contributed by atoms with Crippen LogP contribution in [0.15, 0.2) is 30.4 Å². The molecule has 3 amide bonds. The van der Waals surface area contributed by atoms with Gasteiger partial charge in [0.1, 0.15) is 29.2 Å². The number of halogens is 2. The van der Waals surface area contributed by atoms with Crippen LogP contribution in [0.1, 0.15) is 63.5 Å². The van der Waals surface area contributed by atoms with Crippen molar-refractivity contribution in [1.82, 2.24) is 24.9 Å². The summed E-state index contributed by atoms with van der Waals surface area (Å²) in [6.07, 6.45) is 8.10. The number of allylic oxidation sites excluding steroid dienone is 1. The summed E-state index contributed by atoms with van der Waals surface area (Å²) < 4.78 is 47.4. The van der Waals surface area contributed by atoms with Crippen molar-refractivity contribution < 1.29 is 31.9 Å². The summed E-state index contributed by atoms with van der Waals surface area (Å²) in [5, 5.41) is 2.22. The number of hydrogen-bond acceptors (Lipinski definition) is 9. The molecule has 3 fully saturated rings. The normalized spacial score (nSPS) is 29.0. The summed E-state index contributed by atoms with van der Waals surface area (Å²) in [6, 6.07) is 2.21. The van der Waals surface area contributed by atoms with Crippen molar-refractivity contribution in [2.24, 2.45) is 11.7 Å². The van der Waals surface area contributed by atoms with E-state index in [9.17, 15) is 27.2 Å². The number of nitrogens with two attached hydrogens (primary N) is 1. The number of nitrogens with zero attached hydrogens (tertiary/aromatic N) is 3. The average molecular weight is 665 g/mol. The molecule has 0 spiro atoms. The molecule has 1 saturated heterocycles. The molecule has 15 heteroatoms. The van der Waals surface area contributed by atoms with Crippen LogP contribution in [0.3, 0.4) is 0 Å². The van der Waals surface area contributed by atoms with Crippen molar-refractivity contribution >= 4 is 51.2 Å². The van der Waals surface area contributed by atoms with Crippen LogP contribution in [0.5, 0.6) is 5.88 Å². The first kappa shape index (κ1) is 33.0. The number of sulfonamides is 1. The lowest BCUT2D eigenvalue weighted by atomic mass is 10.1. The highest BCUT2D eigenvalue weighted by Crippen LogP contribution is 2.46. The average Bonchev–Trinajstić information content (AvgIpc) is 3.89. The van der Waals surface area contributed by atoms with E-state index in [2.05, 4.69) is 20.0 Å². The van der Waals surface area contributed by atoms with Gasteiger partial charge in [0.25, 0.3) is 5.91 Å². The largest absolute Gasteiger partial charge is 0.471 e. The van der Waals surface area contributed by atoms with Crippen molar-refractivity contribution in [3.8, 4) is 5.88 Å². The summed E-state index contributed by atoms with van der Waals surface area (Å²) in [4.78, 5) is 51.2. The molecule has 4 N–H and O–H groups in total. The van der Waals surface area contributed by atoms with Crippen LogP contribution < -0.4 is 20.5 Å². The minimum Gasteiger partial charge on any atom is -0.471 e. The maximum atomic E-state index is 13.9. The number of ether oxygens (including phenoxy) is 1. The van der Waals surface area contributed by atoms with Crippen LogP contribution in [0.2, 0.25) is 0 Å². The third kappa shape index (κ3) is 6.92. The quantitative estimate of drug-likeness (QED) is 0.405. The highest BCUT2D eigenvalue weighted by Gasteiger charge is 2.62. The van der Waals surface area contributed by atoms with Gasteiger partial charge in [-0.1, -0.05) is 25.0 Å². The van der Waals surface area contributed by atoms with Crippen molar-refractivity contribution in [2.75, 3.05) is 6.54 Å². The van der Waals surface area contributed by atoms with Gasteiger partial charge in [-0.15, -0.1) is 12.4 Å². The topological polar surface area (TPSA) is 174 Å². The molecule has 4 aliphatic rings. The van der Waals surface area contributed by atoms with Crippen LogP contribution in [0.25, 0.3) is 11.0 Å². The fourth-order valence-corrected chi connectivity index (χ4v) is 7.47. The Balaban J connectivity index is 0.00000400. The standard InChI is InChI=1S/C30H37FN6O6S.ClH/c1-17-27(34-24-13-19(31)9-12-23(24)33-17)43-20-14-25-26(38)35-30(29(40)36-44(41,42)21-10-11-21)15-18(30)7-5-3-2-4-6-8-22(32)28(39)37(25)16-20;/h5,7,9,12-13,18,20-22,25H,2-4,6,8,10-11,14-16,32H2,1H3,(H,35,38)(H,36,40);1H/t18-,20-,22+,25+,30-;/m1./s1. The highest BCUT2D eigenvalue weighted by molar-refractivity contribution is 7.91. The Morgan fingerprint density at radius 1 is 1.16 bits per heavy atom. The summed E-state index contributed by atoms with van der Waals surface area (Å²) in [5.74, 6) is -2.48. The van der Waals surface area contributed by atoms with Gasteiger partial charge in [0.2, 0.25) is 27.7 Å². The van der Waals surface area contributed by atoms with Crippen LogP contribution >= 0.6 is 12.4 Å². The SMILES string of the molecule is Cc1nc2ccc(F)cc2nc1O[C@@H]1C[C@H]2C(=O)N[C@]3(C(=O)NS(=O)(=O)C4CC4)C[C@H]3C=CCCCCC[C@H](N)C(=O)N2C1.Cl. The van der Waals surface area contributed by atoms with Crippen molar-refractivity contribution in [1.29, 1.82) is 0 Å². The summed E-state index contributed by atoms with van der Waals surface area (Å²) in [5.41, 5.74) is 6.12. The molecular formula is C30H38ClFN6O6S. The van der Waals surface area contributed by atoms with E-state index in [1.54, 1.807) is 6.92 Å². The molecule has 2 aliphatic carbocycles. The number of amides is 3. The number of carbonyl (C=O) groups excluding carboxylic acids is 3. The van der Waals surface area contributed by atoms with Gasteiger partial charge in [0.05, 0.1) is 28.9 Å². The van der Waals surface area contributed by atoms with Gasteiger partial charge in [0, 0.05) is 18.4 Å². The van der Waals surface area contributed by atoms with Gasteiger partial charge in [-0.3, -0.25) is 19.1 Å². The minimum absolute atomic E-state index is 0. The number of benzene rings is 1. The van der Waals surface area contributed by atoms with Gasteiger partial charge < -0.3 is 20.7 Å². The van der Waals surface area contributed by atoms with Gasteiger partial charge in [-0.25, -0.2) is 22.8 Å². The Kier molecular flexibility index (Phi) is 9.39. The van der Waals surface area contributed by atoms with E-state index in [1.165, 1.54) is 23.1 Å². The van der Waals surface area contributed by atoms with Crippen LogP contribution in [-0.4, -0.2) is 76.5 Å². The lowest BCUT2D eigenvalue weighted by Crippen LogP contribution is -2.57. The summed E-state index contributed by atoms with van der Waals surface area (Å²) in [7, 11) is -3.84. The first-order chi connectivity index (χ1) is 21.0. The van der Waals surface area contributed by atoms with E-state index in [-0.39, 0.29) is 43.6 Å². The smallest absolute Gasteiger partial charge is 0.259 e. The third-order valence-corrected chi connectivity index (χ3v) is 10.7. The number of hydrogen-bond donors (Lipinski definition) is 3. The summed E-state index contributed by atoms with van der Waals surface area (Å²) in [6.45, 7) is 1.73. The van der Waals surface area contributed by atoms with E-state index >= 15 is 0 Å². The number of aryl methyl sites for hydroxylation is 1. The molecule has 0 bridgehead atoms. The first-order valence-corrected chi connectivity index (χ1v) is 16.7. The van der Waals surface area contributed by atoms with Crippen LogP contribution in [0, 0.1) is 18.7 Å². The fraction of sp³-hybridized carbons (Fsp3) is 0.567. The van der Waals surface area contributed by atoms with Gasteiger partial charge in [-0.2, -0.15) is 0 Å². The molecule has 2 aromatic rings. The van der Waals surface area contributed by atoms with Crippen LogP contribution in [0.4, 0.5) is 4.39 Å². The van der Waals surface area contributed by atoms with Gasteiger partial charge in [-0.05, 0) is 57.6 Å². The Hall–Kier alpha value is -3.36. The second kappa shape index (κ2) is 12.8. The van der Waals surface area contributed by atoms with E-state index in [1.807, 2.05) is 12.2 Å². The molecule has 2 aliphatic heterocycles. The van der Waals surface area contributed by atoms with Gasteiger partial charge in [0.15, 0.2) is 0 Å². The molecule has 12 nitrogen and oxygen atoms in total. The lowest BCUT2D eigenvalue weighted by Gasteiger charge is -2.28. The third-order valence-electron chi connectivity index (χ3n) is 8.92. The summed E-state index contributed by atoms with van der Waals surface area (Å²) >= 11 is 0. The second-order valence-corrected chi connectivity index (χ2v) is 14.3. The van der Waals surface area contributed by atoms with E-state index in [0.29, 0.717) is 36.0 Å². The molecule has 2 saturated carbocycles. The minimum atomic E-state index is -3.84. The molecule has 0 radical (unpaired) electrons. The maximum Gasteiger partial charge on any atom is 0.259 e. The Labute approximate surface area is 267 Å². The molecule has 6 rings (SSSR count). The number of fused-ring (bicyclic) bond motifs is 3. The fourth-order valence-electron chi connectivity index (χ4n) is 6.11. The molecule has 1 aromatic carbocycles. The predicted octanol–water partition coefficient (Wildman–Crippen LogP) is 2.18. The second-order valence-electron chi connectivity index (χ2n) is 12.3. The highest BCUT2D eigenvalue weighted by atomic mass is 35.5. The number of rotatable bonds is 5. The van der Waals surface area contributed by atoms with Crippen molar-refractivity contribution in [2.45, 2.75) is 93.7 Å². The zero-order valence-corrected chi connectivity index (χ0v) is 26.5. The first-order valence-electron chi connectivity index (χ1n) is 15.2. The van der Waals surface area contributed by atoms with Gasteiger partial charge >= 0.3 is 0 Å². The molecule has 244 valence electrons. The number of carbonyl (C=O) groups is 3. The Bertz CT molecular complexity index is 1640. The van der Waals surface area contributed by atoms with E-state index in [4.69, 9.17) is 10.5 Å². The zero-order valence-electron chi connectivity index (χ0n) is 24.9. The van der Waals surface area contributed by atoms with E-state index < -0.39 is 62.5 Å². The van der Waals surface area contributed by atoms with Crippen molar-refractivity contribution in [3.05, 3.63) is 41.9 Å². The van der Waals surface area contributed by atoms with Crippen molar-refractivity contribution in [3.63, 3.8) is 0 Å². The van der Waals surface area contributed by atoms with Crippen LogP contribution in [-0.2, 0) is 24.4 Å². The zero-order chi connectivity index (χ0) is 31.2. The monoisotopic (exact) mass is 664 g/mol. The molecule has 3 heterocycles. The number of aromatic nitrogens is 2. The Morgan fingerprint density at radius 2 is 1.93 bits per heavy atom. The lowest BCUT2D eigenvalue weighted by molar-refractivity contribution is -0.140. The number of nitrogens with one attached hydrogen (secondary N) is 2. The molecule has 1 aromatic heterocycles. The predicted molar refractivity (Wildman–Crippen MR) is 165 cm³/mol. The Morgan fingerprint density at radius 3 is 2.69 bits per heavy atom.